The van der Waals surface area contributed by atoms with Gasteiger partial charge >= 0.3 is 0 Å². The van der Waals surface area contributed by atoms with E-state index in [1.54, 1.807) is 18.3 Å². The lowest BCUT2D eigenvalue weighted by Crippen LogP contribution is -2.38. The Morgan fingerprint density at radius 2 is 2.21 bits per heavy atom. The van der Waals surface area contributed by atoms with E-state index in [9.17, 15) is 9.90 Å². The molecule has 5 heteroatoms. The SMILES string of the molecule is Cc1ccc(CC(=O)NC[C@@](C)(O)c2cccs2)s1. The molecule has 0 aromatic carbocycles. The topological polar surface area (TPSA) is 49.3 Å². The molecular weight excluding hydrogens is 278 g/mol. The third-order valence-electron chi connectivity index (χ3n) is 2.81. The van der Waals surface area contributed by atoms with Gasteiger partial charge in [-0.1, -0.05) is 6.07 Å². The summed E-state index contributed by atoms with van der Waals surface area (Å²) in [4.78, 5) is 14.9. The van der Waals surface area contributed by atoms with Crippen LogP contribution < -0.4 is 5.32 Å². The fourth-order valence-electron chi connectivity index (χ4n) is 1.74. The highest BCUT2D eigenvalue weighted by atomic mass is 32.1. The van der Waals surface area contributed by atoms with Crippen LogP contribution in [0.25, 0.3) is 0 Å². The molecule has 2 heterocycles. The molecule has 0 aliphatic carbocycles. The Hall–Kier alpha value is -1.17. The van der Waals surface area contributed by atoms with Gasteiger partial charge in [0.2, 0.25) is 5.91 Å². The van der Waals surface area contributed by atoms with E-state index in [0.717, 1.165) is 9.75 Å². The van der Waals surface area contributed by atoms with Crippen LogP contribution in [0.15, 0.2) is 29.6 Å². The highest BCUT2D eigenvalue weighted by Crippen LogP contribution is 2.24. The third kappa shape index (κ3) is 3.89. The molecule has 0 aliphatic rings. The number of carbonyl (C=O) groups is 1. The minimum absolute atomic E-state index is 0.0568. The van der Waals surface area contributed by atoms with Gasteiger partial charge in [0.1, 0.15) is 5.60 Å². The molecule has 0 unspecified atom stereocenters. The lowest BCUT2D eigenvalue weighted by Gasteiger charge is -2.22. The van der Waals surface area contributed by atoms with E-state index in [1.165, 1.54) is 16.2 Å². The van der Waals surface area contributed by atoms with Crippen LogP contribution in [-0.4, -0.2) is 17.6 Å². The molecule has 3 nitrogen and oxygen atoms in total. The Morgan fingerprint density at radius 3 is 2.79 bits per heavy atom. The van der Waals surface area contributed by atoms with Crippen LogP contribution in [0.1, 0.15) is 21.6 Å². The summed E-state index contributed by atoms with van der Waals surface area (Å²) in [5.74, 6) is -0.0568. The molecular formula is C14H17NO2S2. The summed E-state index contributed by atoms with van der Waals surface area (Å²) < 4.78 is 0. The standard InChI is InChI=1S/C14H17NO2S2/c1-10-5-6-11(19-10)8-13(16)15-9-14(2,17)12-4-3-7-18-12/h3-7,17H,8-9H2,1-2H3,(H,15,16)/t14-/m1/s1. The van der Waals surface area contributed by atoms with Gasteiger partial charge in [-0.25, -0.2) is 0 Å². The summed E-state index contributed by atoms with van der Waals surface area (Å²) in [7, 11) is 0. The van der Waals surface area contributed by atoms with Gasteiger partial charge in [-0.3, -0.25) is 4.79 Å². The summed E-state index contributed by atoms with van der Waals surface area (Å²) >= 11 is 3.12. The number of rotatable bonds is 5. The quantitative estimate of drug-likeness (QED) is 0.891. The molecule has 2 aromatic rings. The average Bonchev–Trinajstić information content (AvgIpc) is 2.98. The van der Waals surface area contributed by atoms with Crippen molar-refractivity contribution in [1.29, 1.82) is 0 Å². The third-order valence-corrected chi connectivity index (χ3v) is 4.94. The van der Waals surface area contributed by atoms with E-state index in [4.69, 9.17) is 0 Å². The van der Waals surface area contributed by atoms with Crippen molar-refractivity contribution in [2.75, 3.05) is 6.54 Å². The molecule has 0 aliphatic heterocycles. The molecule has 1 atom stereocenters. The Labute approximate surface area is 120 Å². The normalized spacial score (nSPS) is 14.1. The van der Waals surface area contributed by atoms with Crippen LogP contribution in [0.3, 0.4) is 0 Å². The molecule has 2 N–H and O–H groups in total. The second-order valence-corrected chi connectivity index (χ2v) is 7.04. The maximum absolute atomic E-state index is 11.8. The first kappa shape index (κ1) is 14.2. The van der Waals surface area contributed by atoms with Crippen LogP contribution in [0.5, 0.6) is 0 Å². The fraction of sp³-hybridized carbons (Fsp3) is 0.357. The van der Waals surface area contributed by atoms with Crippen LogP contribution in [0.4, 0.5) is 0 Å². The van der Waals surface area contributed by atoms with E-state index < -0.39 is 5.60 Å². The molecule has 102 valence electrons. The minimum atomic E-state index is -1.00. The summed E-state index contributed by atoms with van der Waals surface area (Å²) in [6.07, 6.45) is 0.374. The molecule has 0 saturated carbocycles. The predicted octanol–water partition coefficient (Wildman–Crippen LogP) is 2.68. The summed E-state index contributed by atoms with van der Waals surface area (Å²) in [5.41, 5.74) is -1.00. The van der Waals surface area contributed by atoms with Gasteiger partial charge in [0, 0.05) is 14.6 Å². The maximum atomic E-state index is 11.8. The Kier molecular flexibility index (Phi) is 4.39. The summed E-state index contributed by atoms with van der Waals surface area (Å²) in [6, 6.07) is 7.75. The monoisotopic (exact) mass is 295 g/mol. The number of nitrogens with one attached hydrogen (secondary N) is 1. The first-order valence-electron chi connectivity index (χ1n) is 6.06. The van der Waals surface area contributed by atoms with Crippen molar-refractivity contribution in [3.63, 3.8) is 0 Å². The number of aliphatic hydroxyl groups is 1. The van der Waals surface area contributed by atoms with Gasteiger partial charge < -0.3 is 10.4 Å². The summed E-state index contributed by atoms with van der Waals surface area (Å²) in [5, 5.41) is 15.0. The zero-order valence-corrected chi connectivity index (χ0v) is 12.6. The average molecular weight is 295 g/mol. The van der Waals surface area contributed by atoms with Crippen LogP contribution >= 0.6 is 22.7 Å². The van der Waals surface area contributed by atoms with Crippen LogP contribution in [0.2, 0.25) is 0 Å². The molecule has 2 aromatic heterocycles. The lowest BCUT2D eigenvalue weighted by atomic mass is 10.1. The number of hydrogen-bond donors (Lipinski definition) is 2. The van der Waals surface area contributed by atoms with Gasteiger partial charge in [-0.2, -0.15) is 0 Å². The van der Waals surface area contributed by atoms with E-state index in [0.29, 0.717) is 6.42 Å². The maximum Gasteiger partial charge on any atom is 0.225 e. The van der Waals surface area contributed by atoms with Gasteiger partial charge in [-0.05, 0) is 37.4 Å². The Morgan fingerprint density at radius 1 is 1.42 bits per heavy atom. The van der Waals surface area contributed by atoms with Crippen LogP contribution in [0, 0.1) is 6.92 Å². The Bertz CT molecular complexity index is 544. The van der Waals surface area contributed by atoms with Crippen molar-refractivity contribution in [2.45, 2.75) is 25.9 Å². The number of carbonyl (C=O) groups excluding carboxylic acids is 1. The molecule has 0 saturated heterocycles. The van der Waals surface area contributed by atoms with Gasteiger partial charge in [0.25, 0.3) is 0 Å². The lowest BCUT2D eigenvalue weighted by molar-refractivity contribution is -0.121. The van der Waals surface area contributed by atoms with Gasteiger partial charge in [0.15, 0.2) is 0 Å². The van der Waals surface area contributed by atoms with E-state index in [-0.39, 0.29) is 12.5 Å². The smallest absolute Gasteiger partial charge is 0.225 e. The molecule has 0 bridgehead atoms. The molecule has 0 spiro atoms. The zero-order valence-electron chi connectivity index (χ0n) is 11.0. The molecule has 19 heavy (non-hydrogen) atoms. The zero-order chi connectivity index (χ0) is 13.9. The molecule has 0 radical (unpaired) electrons. The molecule has 2 rings (SSSR count). The highest BCUT2D eigenvalue weighted by Gasteiger charge is 2.24. The van der Waals surface area contributed by atoms with E-state index >= 15 is 0 Å². The van der Waals surface area contributed by atoms with Crippen molar-refractivity contribution >= 4 is 28.6 Å². The van der Waals surface area contributed by atoms with Gasteiger partial charge in [-0.15, -0.1) is 22.7 Å². The first-order valence-corrected chi connectivity index (χ1v) is 7.75. The highest BCUT2D eigenvalue weighted by molar-refractivity contribution is 7.12. The van der Waals surface area contributed by atoms with E-state index in [1.807, 2.05) is 36.6 Å². The Balaban J connectivity index is 1.87. The van der Waals surface area contributed by atoms with Crippen LogP contribution in [-0.2, 0) is 16.8 Å². The van der Waals surface area contributed by atoms with Crippen molar-refractivity contribution in [2.24, 2.45) is 0 Å². The summed E-state index contributed by atoms with van der Waals surface area (Å²) in [6.45, 7) is 3.97. The molecule has 1 amide bonds. The number of hydrogen-bond acceptors (Lipinski definition) is 4. The van der Waals surface area contributed by atoms with E-state index in [2.05, 4.69) is 5.32 Å². The second-order valence-electron chi connectivity index (χ2n) is 4.72. The fourth-order valence-corrected chi connectivity index (χ4v) is 3.42. The van der Waals surface area contributed by atoms with Crippen molar-refractivity contribution < 1.29 is 9.90 Å². The minimum Gasteiger partial charge on any atom is -0.383 e. The number of thiophene rings is 2. The van der Waals surface area contributed by atoms with Crippen molar-refractivity contribution in [3.8, 4) is 0 Å². The largest absolute Gasteiger partial charge is 0.383 e. The van der Waals surface area contributed by atoms with Gasteiger partial charge in [0.05, 0.1) is 13.0 Å². The molecule has 0 fully saturated rings. The second kappa shape index (κ2) is 5.86. The number of amides is 1. The number of aryl methyl sites for hydroxylation is 1. The predicted molar refractivity (Wildman–Crippen MR) is 79.7 cm³/mol. The van der Waals surface area contributed by atoms with Crippen molar-refractivity contribution in [1.82, 2.24) is 5.32 Å². The first-order chi connectivity index (χ1) is 8.97. The van der Waals surface area contributed by atoms with Crippen molar-refractivity contribution in [3.05, 3.63) is 44.3 Å².